The Morgan fingerprint density at radius 3 is 2.63 bits per heavy atom. The molecular formula is C19H22N4O4. The number of nitrogens with two attached hydrogens (primary N) is 1. The summed E-state index contributed by atoms with van der Waals surface area (Å²) in [6.45, 7) is 3.77. The minimum atomic E-state index is -0.610. The minimum absolute atomic E-state index is 0.0640. The Bertz CT molecular complexity index is 880. The van der Waals surface area contributed by atoms with Gasteiger partial charge in [0.2, 0.25) is 5.91 Å². The summed E-state index contributed by atoms with van der Waals surface area (Å²) in [5.41, 5.74) is 7.38. The largest absolute Gasteiger partial charge is 0.393 e. The van der Waals surface area contributed by atoms with Crippen LogP contribution in [0.1, 0.15) is 41.3 Å². The number of carbonyl (C=O) groups excluding carboxylic acids is 2. The van der Waals surface area contributed by atoms with E-state index in [4.69, 9.17) is 5.73 Å². The maximum atomic E-state index is 12.4. The SMILES string of the molecule is CCCC(=O)Nc1cccc(CNC(=O)c2cc(C)cc([N+](=O)[O-])c2N)c1. The van der Waals surface area contributed by atoms with Crippen molar-refractivity contribution in [2.75, 3.05) is 11.1 Å². The van der Waals surface area contributed by atoms with Crippen LogP contribution in [0.3, 0.4) is 0 Å². The fourth-order valence-electron chi connectivity index (χ4n) is 2.60. The quantitative estimate of drug-likeness (QED) is 0.392. The van der Waals surface area contributed by atoms with E-state index in [9.17, 15) is 19.7 Å². The van der Waals surface area contributed by atoms with Crippen molar-refractivity contribution in [3.63, 3.8) is 0 Å². The summed E-state index contributed by atoms with van der Waals surface area (Å²) in [5.74, 6) is -0.571. The van der Waals surface area contributed by atoms with Crippen LogP contribution in [0.2, 0.25) is 0 Å². The van der Waals surface area contributed by atoms with E-state index in [1.54, 1.807) is 31.2 Å². The number of carbonyl (C=O) groups is 2. The van der Waals surface area contributed by atoms with E-state index in [1.165, 1.54) is 12.1 Å². The molecule has 0 unspecified atom stereocenters. The Balaban J connectivity index is 2.10. The second kappa shape index (κ2) is 8.79. The molecule has 2 amide bonds. The summed E-state index contributed by atoms with van der Waals surface area (Å²) in [6.07, 6.45) is 1.19. The smallest absolute Gasteiger partial charge is 0.293 e. The zero-order valence-corrected chi connectivity index (χ0v) is 15.2. The Morgan fingerprint density at radius 2 is 1.96 bits per heavy atom. The number of aryl methyl sites for hydroxylation is 1. The van der Waals surface area contributed by atoms with Gasteiger partial charge in [0.15, 0.2) is 0 Å². The molecule has 0 aliphatic heterocycles. The minimum Gasteiger partial charge on any atom is -0.393 e. The molecule has 0 heterocycles. The van der Waals surface area contributed by atoms with Gasteiger partial charge in [-0.05, 0) is 42.7 Å². The molecule has 0 spiro atoms. The highest BCUT2D eigenvalue weighted by atomic mass is 16.6. The lowest BCUT2D eigenvalue weighted by Crippen LogP contribution is -2.24. The molecule has 0 fully saturated rings. The predicted molar refractivity (Wildman–Crippen MR) is 103 cm³/mol. The maximum Gasteiger partial charge on any atom is 0.293 e. The molecule has 2 aromatic rings. The van der Waals surface area contributed by atoms with Crippen LogP contribution in [0.15, 0.2) is 36.4 Å². The van der Waals surface area contributed by atoms with Crippen LogP contribution < -0.4 is 16.4 Å². The summed E-state index contributed by atoms with van der Waals surface area (Å²) in [4.78, 5) is 34.6. The van der Waals surface area contributed by atoms with Crippen molar-refractivity contribution in [2.45, 2.75) is 33.2 Å². The van der Waals surface area contributed by atoms with E-state index in [0.717, 1.165) is 12.0 Å². The molecule has 8 nitrogen and oxygen atoms in total. The van der Waals surface area contributed by atoms with Crippen LogP contribution in [-0.4, -0.2) is 16.7 Å². The number of nitrogens with one attached hydrogen (secondary N) is 2. The number of nitro groups is 1. The summed E-state index contributed by atoms with van der Waals surface area (Å²) < 4.78 is 0. The van der Waals surface area contributed by atoms with E-state index in [2.05, 4.69) is 10.6 Å². The van der Waals surface area contributed by atoms with E-state index >= 15 is 0 Å². The van der Waals surface area contributed by atoms with Gasteiger partial charge in [0.05, 0.1) is 10.5 Å². The van der Waals surface area contributed by atoms with Crippen LogP contribution in [0.4, 0.5) is 17.1 Å². The van der Waals surface area contributed by atoms with Gasteiger partial charge in [0.1, 0.15) is 5.69 Å². The maximum absolute atomic E-state index is 12.4. The molecular weight excluding hydrogens is 348 g/mol. The number of nitro benzene ring substituents is 1. The third-order valence-corrected chi connectivity index (χ3v) is 3.88. The van der Waals surface area contributed by atoms with Gasteiger partial charge in [-0.2, -0.15) is 0 Å². The van der Waals surface area contributed by atoms with Crippen LogP contribution >= 0.6 is 0 Å². The topological polar surface area (TPSA) is 127 Å². The molecule has 2 rings (SSSR count). The second-order valence-corrected chi connectivity index (χ2v) is 6.18. The van der Waals surface area contributed by atoms with E-state index in [0.29, 0.717) is 17.7 Å². The Hall–Kier alpha value is -3.42. The lowest BCUT2D eigenvalue weighted by molar-refractivity contribution is -0.384. The van der Waals surface area contributed by atoms with E-state index in [-0.39, 0.29) is 29.4 Å². The monoisotopic (exact) mass is 370 g/mol. The molecule has 0 bridgehead atoms. The Labute approximate surface area is 156 Å². The van der Waals surface area contributed by atoms with Crippen molar-refractivity contribution in [1.82, 2.24) is 5.32 Å². The van der Waals surface area contributed by atoms with Gasteiger partial charge in [-0.3, -0.25) is 19.7 Å². The molecule has 142 valence electrons. The summed E-state index contributed by atoms with van der Waals surface area (Å²) in [6, 6.07) is 9.94. The van der Waals surface area contributed by atoms with Crippen molar-refractivity contribution in [2.24, 2.45) is 0 Å². The number of amides is 2. The lowest BCUT2D eigenvalue weighted by atomic mass is 10.1. The average Bonchev–Trinajstić information content (AvgIpc) is 2.61. The van der Waals surface area contributed by atoms with E-state index < -0.39 is 10.8 Å². The second-order valence-electron chi connectivity index (χ2n) is 6.18. The van der Waals surface area contributed by atoms with Crippen LogP contribution in [0, 0.1) is 17.0 Å². The highest BCUT2D eigenvalue weighted by Gasteiger charge is 2.20. The van der Waals surface area contributed by atoms with Gasteiger partial charge >= 0.3 is 0 Å². The fourth-order valence-corrected chi connectivity index (χ4v) is 2.60. The number of hydrogen-bond acceptors (Lipinski definition) is 5. The number of nitrogen functional groups attached to an aromatic ring is 1. The predicted octanol–water partition coefficient (Wildman–Crippen LogP) is 3.15. The summed E-state index contributed by atoms with van der Waals surface area (Å²) in [5, 5.41) is 16.6. The molecule has 0 aliphatic rings. The number of hydrogen-bond donors (Lipinski definition) is 3. The van der Waals surface area contributed by atoms with Gasteiger partial charge in [-0.15, -0.1) is 0 Å². The molecule has 0 atom stereocenters. The van der Waals surface area contributed by atoms with Crippen molar-refractivity contribution in [1.29, 1.82) is 0 Å². The van der Waals surface area contributed by atoms with Gasteiger partial charge < -0.3 is 16.4 Å². The van der Waals surface area contributed by atoms with Crippen molar-refractivity contribution < 1.29 is 14.5 Å². The number of benzene rings is 2. The lowest BCUT2D eigenvalue weighted by Gasteiger charge is -2.10. The van der Waals surface area contributed by atoms with Gasteiger partial charge in [-0.25, -0.2) is 0 Å². The molecule has 0 aromatic heterocycles. The number of rotatable bonds is 7. The number of anilines is 2. The summed E-state index contributed by atoms with van der Waals surface area (Å²) >= 11 is 0. The molecule has 0 aliphatic carbocycles. The van der Waals surface area contributed by atoms with Gasteiger partial charge in [0, 0.05) is 24.7 Å². The van der Waals surface area contributed by atoms with Crippen molar-refractivity contribution >= 4 is 28.9 Å². The van der Waals surface area contributed by atoms with Gasteiger partial charge in [-0.1, -0.05) is 19.1 Å². The zero-order valence-electron chi connectivity index (χ0n) is 15.2. The Morgan fingerprint density at radius 1 is 1.22 bits per heavy atom. The van der Waals surface area contributed by atoms with Crippen LogP contribution in [-0.2, 0) is 11.3 Å². The normalized spacial score (nSPS) is 10.3. The molecule has 0 radical (unpaired) electrons. The first-order chi connectivity index (χ1) is 12.8. The highest BCUT2D eigenvalue weighted by molar-refractivity contribution is 6.01. The third-order valence-electron chi connectivity index (χ3n) is 3.88. The van der Waals surface area contributed by atoms with Crippen LogP contribution in [0.25, 0.3) is 0 Å². The molecule has 2 aromatic carbocycles. The Kier molecular flexibility index (Phi) is 6.48. The van der Waals surface area contributed by atoms with Crippen molar-refractivity contribution in [3.8, 4) is 0 Å². The standard InChI is InChI=1S/C19H22N4O4/c1-3-5-17(24)22-14-7-4-6-13(10-14)11-21-19(25)15-8-12(2)9-16(18(15)20)23(26)27/h4,6-10H,3,5,11,20H2,1-2H3,(H,21,25)(H,22,24). The first-order valence-corrected chi connectivity index (χ1v) is 8.53. The molecule has 4 N–H and O–H groups in total. The molecule has 0 saturated heterocycles. The van der Waals surface area contributed by atoms with Crippen LogP contribution in [0.5, 0.6) is 0 Å². The van der Waals surface area contributed by atoms with E-state index in [1.807, 2.05) is 6.92 Å². The first kappa shape index (κ1) is 19.9. The first-order valence-electron chi connectivity index (χ1n) is 8.53. The number of nitrogens with zero attached hydrogens (tertiary/aromatic N) is 1. The summed E-state index contributed by atoms with van der Waals surface area (Å²) in [7, 11) is 0. The molecule has 8 heteroatoms. The average molecular weight is 370 g/mol. The van der Waals surface area contributed by atoms with Crippen molar-refractivity contribution in [3.05, 3.63) is 63.2 Å². The van der Waals surface area contributed by atoms with Gasteiger partial charge in [0.25, 0.3) is 11.6 Å². The highest BCUT2D eigenvalue weighted by Crippen LogP contribution is 2.27. The zero-order chi connectivity index (χ0) is 20.0. The molecule has 0 saturated carbocycles. The third kappa shape index (κ3) is 5.27. The fraction of sp³-hybridized carbons (Fsp3) is 0.263. The molecule has 27 heavy (non-hydrogen) atoms.